The first-order valence-electron chi connectivity index (χ1n) is 5.58. The van der Waals surface area contributed by atoms with Crippen LogP contribution in [0.1, 0.15) is 11.1 Å². The highest BCUT2D eigenvalue weighted by molar-refractivity contribution is 5.67. The van der Waals surface area contributed by atoms with Crippen LogP contribution in [0.2, 0.25) is 0 Å². The molecule has 0 fully saturated rings. The highest BCUT2D eigenvalue weighted by Crippen LogP contribution is 2.33. The number of para-hydroxylation sites is 1. The first-order valence-corrected chi connectivity index (χ1v) is 5.58. The molecule has 0 aromatic heterocycles. The van der Waals surface area contributed by atoms with Gasteiger partial charge in [0.05, 0.1) is 0 Å². The van der Waals surface area contributed by atoms with E-state index in [9.17, 15) is 5.11 Å². The average Bonchev–Trinajstić information content (AvgIpc) is 2.39. The maximum Gasteiger partial charge on any atom is 0.172 e. The Labute approximate surface area is 99.8 Å². The molecule has 0 bridgehead atoms. The van der Waals surface area contributed by atoms with Crippen LogP contribution in [0.4, 0.5) is 0 Å². The van der Waals surface area contributed by atoms with E-state index in [1.54, 1.807) is 0 Å². The summed E-state index contributed by atoms with van der Waals surface area (Å²) in [6.45, 7) is 0. The van der Waals surface area contributed by atoms with Gasteiger partial charge in [-0.05, 0) is 6.07 Å². The Morgan fingerprint density at radius 2 is 1.59 bits per heavy atom. The van der Waals surface area contributed by atoms with Gasteiger partial charge < -0.3 is 9.84 Å². The van der Waals surface area contributed by atoms with Crippen LogP contribution < -0.4 is 4.74 Å². The first-order chi connectivity index (χ1) is 8.34. The molecule has 0 spiro atoms. The molecule has 3 rings (SSSR count). The summed E-state index contributed by atoms with van der Waals surface area (Å²) in [4.78, 5) is 0. The molecule has 1 aliphatic rings. The molecule has 1 heterocycles. The molecule has 84 valence electrons. The van der Waals surface area contributed by atoms with E-state index in [1.165, 1.54) is 0 Å². The van der Waals surface area contributed by atoms with E-state index in [4.69, 9.17) is 4.74 Å². The van der Waals surface area contributed by atoms with Crippen LogP contribution in [0.15, 0.2) is 60.4 Å². The third-order valence-electron chi connectivity index (χ3n) is 2.84. The Morgan fingerprint density at radius 3 is 2.41 bits per heavy atom. The van der Waals surface area contributed by atoms with E-state index in [1.807, 2.05) is 54.6 Å². The maximum atomic E-state index is 10.0. The van der Waals surface area contributed by atoms with Crippen molar-refractivity contribution in [2.24, 2.45) is 0 Å². The molecule has 1 aliphatic heterocycles. The van der Waals surface area contributed by atoms with Crippen molar-refractivity contribution in [1.29, 1.82) is 0 Å². The number of aliphatic hydroxyl groups is 1. The summed E-state index contributed by atoms with van der Waals surface area (Å²) < 4.78 is 5.76. The van der Waals surface area contributed by atoms with Gasteiger partial charge in [-0.25, -0.2) is 0 Å². The minimum Gasteiger partial charge on any atom is -0.508 e. The fourth-order valence-corrected chi connectivity index (χ4v) is 1.99. The highest BCUT2D eigenvalue weighted by Gasteiger charge is 2.19. The Hall–Kier alpha value is -2.22. The lowest BCUT2D eigenvalue weighted by atomic mass is 10.0. The van der Waals surface area contributed by atoms with Gasteiger partial charge in [0.15, 0.2) is 5.76 Å². The third kappa shape index (κ3) is 1.78. The Bertz CT molecular complexity index is 570. The molecule has 0 amide bonds. The minimum absolute atomic E-state index is 0.287. The molecule has 0 radical (unpaired) electrons. The Balaban J connectivity index is 2.03. The summed E-state index contributed by atoms with van der Waals surface area (Å²) in [7, 11) is 0. The normalized spacial score (nSPS) is 14.1. The number of allylic oxidation sites excluding steroid dienone is 1. The van der Waals surface area contributed by atoms with E-state index in [2.05, 4.69) is 0 Å². The smallest absolute Gasteiger partial charge is 0.172 e. The summed E-state index contributed by atoms with van der Waals surface area (Å²) in [6, 6.07) is 17.4. The van der Waals surface area contributed by atoms with Crippen LogP contribution in [0.5, 0.6) is 5.75 Å². The quantitative estimate of drug-likeness (QED) is 0.802. The van der Waals surface area contributed by atoms with E-state index in [0.717, 1.165) is 16.9 Å². The maximum absolute atomic E-state index is 10.0. The average molecular weight is 224 g/mol. The highest BCUT2D eigenvalue weighted by atomic mass is 16.5. The molecule has 0 unspecified atom stereocenters. The van der Waals surface area contributed by atoms with Crippen molar-refractivity contribution in [3.05, 3.63) is 71.5 Å². The van der Waals surface area contributed by atoms with Crippen LogP contribution in [-0.2, 0) is 6.42 Å². The van der Waals surface area contributed by atoms with Gasteiger partial charge in [0, 0.05) is 17.5 Å². The first kappa shape index (κ1) is 9.97. The number of ether oxygens (including phenoxy) is 1. The summed E-state index contributed by atoms with van der Waals surface area (Å²) in [5, 5.41) is 10.0. The minimum atomic E-state index is 0.287. The van der Waals surface area contributed by atoms with Crippen LogP contribution in [0, 0.1) is 0 Å². The van der Waals surface area contributed by atoms with Gasteiger partial charge in [-0.2, -0.15) is 0 Å². The lowest BCUT2D eigenvalue weighted by Crippen LogP contribution is -2.09. The SMILES string of the molecule is OC1=C(c2ccccc2)Oc2ccccc2C1. The van der Waals surface area contributed by atoms with Crippen molar-refractivity contribution in [1.82, 2.24) is 0 Å². The van der Waals surface area contributed by atoms with Crippen molar-refractivity contribution in [3.8, 4) is 5.75 Å². The largest absolute Gasteiger partial charge is 0.508 e. The molecule has 0 saturated heterocycles. The topological polar surface area (TPSA) is 29.5 Å². The van der Waals surface area contributed by atoms with Gasteiger partial charge in [0.2, 0.25) is 0 Å². The second-order valence-corrected chi connectivity index (χ2v) is 4.03. The van der Waals surface area contributed by atoms with Gasteiger partial charge >= 0.3 is 0 Å². The number of hydrogen-bond donors (Lipinski definition) is 1. The summed E-state index contributed by atoms with van der Waals surface area (Å²) in [5.41, 5.74) is 1.92. The summed E-state index contributed by atoms with van der Waals surface area (Å²) >= 11 is 0. The van der Waals surface area contributed by atoms with Crippen LogP contribution in [-0.4, -0.2) is 5.11 Å². The fourth-order valence-electron chi connectivity index (χ4n) is 1.99. The molecule has 17 heavy (non-hydrogen) atoms. The van der Waals surface area contributed by atoms with Crippen LogP contribution in [0.3, 0.4) is 0 Å². The molecule has 2 aromatic rings. The predicted octanol–water partition coefficient (Wildman–Crippen LogP) is 3.55. The van der Waals surface area contributed by atoms with Crippen LogP contribution >= 0.6 is 0 Å². The number of hydrogen-bond acceptors (Lipinski definition) is 2. The second-order valence-electron chi connectivity index (χ2n) is 4.03. The zero-order valence-electron chi connectivity index (χ0n) is 9.26. The van der Waals surface area contributed by atoms with Gasteiger partial charge in [-0.15, -0.1) is 0 Å². The molecular formula is C15H12O2. The lowest BCUT2D eigenvalue weighted by Gasteiger charge is -2.20. The van der Waals surface area contributed by atoms with Crippen LogP contribution in [0.25, 0.3) is 5.76 Å². The van der Waals surface area contributed by atoms with Gasteiger partial charge in [-0.1, -0.05) is 48.5 Å². The van der Waals surface area contributed by atoms with E-state index in [0.29, 0.717) is 12.2 Å². The number of benzene rings is 2. The predicted molar refractivity (Wildman–Crippen MR) is 66.8 cm³/mol. The number of rotatable bonds is 1. The van der Waals surface area contributed by atoms with Crippen molar-refractivity contribution in [2.75, 3.05) is 0 Å². The van der Waals surface area contributed by atoms with E-state index < -0.39 is 0 Å². The standard InChI is InChI=1S/C15H12O2/c16-13-10-12-8-4-5-9-14(12)17-15(13)11-6-2-1-3-7-11/h1-9,16H,10H2. The molecule has 2 heteroatoms. The molecule has 2 aromatic carbocycles. The lowest BCUT2D eigenvalue weighted by molar-refractivity contribution is 0.358. The Kier molecular flexibility index (Phi) is 2.33. The van der Waals surface area contributed by atoms with Gasteiger partial charge in [0.1, 0.15) is 11.5 Å². The second kappa shape index (κ2) is 3.98. The Morgan fingerprint density at radius 1 is 0.882 bits per heavy atom. The zero-order chi connectivity index (χ0) is 11.7. The van der Waals surface area contributed by atoms with Crippen molar-refractivity contribution >= 4 is 5.76 Å². The van der Waals surface area contributed by atoms with Gasteiger partial charge in [0.25, 0.3) is 0 Å². The third-order valence-corrected chi connectivity index (χ3v) is 2.84. The molecular weight excluding hydrogens is 212 g/mol. The molecule has 0 aliphatic carbocycles. The molecule has 1 N–H and O–H groups in total. The molecule has 0 atom stereocenters. The number of fused-ring (bicyclic) bond motifs is 1. The summed E-state index contributed by atoms with van der Waals surface area (Å²) in [6.07, 6.45) is 0.528. The van der Waals surface area contributed by atoms with Gasteiger partial charge in [-0.3, -0.25) is 0 Å². The number of aliphatic hydroxyl groups excluding tert-OH is 1. The molecule has 2 nitrogen and oxygen atoms in total. The van der Waals surface area contributed by atoms with Crippen molar-refractivity contribution in [3.63, 3.8) is 0 Å². The molecule has 0 saturated carbocycles. The van der Waals surface area contributed by atoms with Crippen molar-refractivity contribution < 1.29 is 9.84 Å². The van der Waals surface area contributed by atoms with E-state index in [-0.39, 0.29) is 5.76 Å². The monoisotopic (exact) mass is 224 g/mol. The zero-order valence-corrected chi connectivity index (χ0v) is 9.26. The van der Waals surface area contributed by atoms with E-state index >= 15 is 0 Å². The summed E-state index contributed by atoms with van der Waals surface area (Å²) in [5.74, 6) is 1.67. The van der Waals surface area contributed by atoms with Crippen molar-refractivity contribution in [2.45, 2.75) is 6.42 Å². The fraction of sp³-hybridized carbons (Fsp3) is 0.0667.